The smallest absolute Gasteiger partial charge is 0.246 e. The lowest BCUT2D eigenvalue weighted by Crippen LogP contribution is -2.47. The molecule has 2 fully saturated rings. The van der Waals surface area contributed by atoms with Gasteiger partial charge in [-0.1, -0.05) is 35.9 Å². The summed E-state index contributed by atoms with van der Waals surface area (Å²) in [7, 11) is 1.76. The minimum Gasteiger partial charge on any atom is -0.379 e. The Morgan fingerprint density at radius 2 is 1.96 bits per heavy atom. The van der Waals surface area contributed by atoms with Crippen molar-refractivity contribution in [2.45, 2.75) is 25.9 Å². The Balaban J connectivity index is 1.49. The number of amides is 1. The second kappa shape index (κ2) is 10.0. The second-order valence-corrected chi connectivity index (χ2v) is 7.61. The van der Waals surface area contributed by atoms with Crippen LogP contribution in [0.4, 0.5) is 0 Å². The van der Waals surface area contributed by atoms with Crippen LogP contribution in [0.15, 0.2) is 36.4 Å². The Hall–Kier alpha value is -1.69. The van der Waals surface area contributed by atoms with E-state index in [0.29, 0.717) is 12.5 Å². The van der Waals surface area contributed by atoms with Gasteiger partial charge in [-0.05, 0) is 31.2 Å². The summed E-state index contributed by atoms with van der Waals surface area (Å²) in [4.78, 5) is 16.8. The van der Waals surface area contributed by atoms with E-state index in [0.717, 1.165) is 52.2 Å². The Labute approximate surface area is 162 Å². The van der Waals surface area contributed by atoms with E-state index in [1.165, 1.54) is 11.1 Å². The molecule has 0 aromatic heterocycles. The standard InChI is InChI=1S/C22H32N2O3/c1-18-5-7-19(8-6-18)16-20-9-11-24(17-21(20)26-2)22(25)4-3-10-23-12-14-27-15-13-23/h3-8,20-21H,9-17H2,1-2H3/b4-3+/t20-,21-/m1/s1. The SMILES string of the molecule is CO[C@@H]1CN(C(=O)/C=C/CN2CCOCC2)CC[C@@H]1Cc1ccc(C)cc1. The van der Waals surface area contributed by atoms with Crippen molar-refractivity contribution in [1.82, 2.24) is 9.80 Å². The summed E-state index contributed by atoms with van der Waals surface area (Å²) >= 11 is 0. The van der Waals surface area contributed by atoms with Crippen LogP contribution in [0, 0.1) is 12.8 Å². The van der Waals surface area contributed by atoms with Crippen LogP contribution in [0.25, 0.3) is 0 Å². The van der Waals surface area contributed by atoms with Gasteiger partial charge in [-0.25, -0.2) is 0 Å². The monoisotopic (exact) mass is 372 g/mol. The first-order valence-electron chi connectivity index (χ1n) is 9.99. The van der Waals surface area contributed by atoms with E-state index >= 15 is 0 Å². The quantitative estimate of drug-likeness (QED) is 0.719. The Morgan fingerprint density at radius 1 is 1.22 bits per heavy atom. The summed E-state index contributed by atoms with van der Waals surface area (Å²) in [5, 5.41) is 0. The fourth-order valence-corrected chi connectivity index (χ4v) is 3.88. The average molecular weight is 373 g/mol. The minimum atomic E-state index is 0.0941. The molecule has 0 saturated carbocycles. The van der Waals surface area contributed by atoms with E-state index in [2.05, 4.69) is 36.1 Å². The molecule has 2 aliphatic heterocycles. The van der Waals surface area contributed by atoms with Crippen molar-refractivity contribution in [3.05, 3.63) is 47.5 Å². The Bertz CT molecular complexity index is 623. The lowest BCUT2D eigenvalue weighted by molar-refractivity contribution is -0.131. The van der Waals surface area contributed by atoms with Crippen LogP contribution in [0.1, 0.15) is 17.5 Å². The summed E-state index contributed by atoms with van der Waals surface area (Å²) in [5.41, 5.74) is 2.63. The molecule has 2 atom stereocenters. The highest BCUT2D eigenvalue weighted by Gasteiger charge is 2.30. The highest BCUT2D eigenvalue weighted by Crippen LogP contribution is 2.24. The molecule has 2 saturated heterocycles. The molecule has 2 aliphatic rings. The molecule has 0 spiro atoms. The molecule has 27 heavy (non-hydrogen) atoms. The van der Waals surface area contributed by atoms with Crippen LogP contribution in [0.3, 0.4) is 0 Å². The van der Waals surface area contributed by atoms with E-state index in [-0.39, 0.29) is 12.0 Å². The molecule has 1 aromatic carbocycles. The van der Waals surface area contributed by atoms with E-state index in [4.69, 9.17) is 9.47 Å². The summed E-state index contributed by atoms with van der Waals surface area (Å²) in [6.45, 7) is 7.84. The molecule has 1 amide bonds. The van der Waals surface area contributed by atoms with E-state index in [1.807, 2.05) is 11.0 Å². The summed E-state index contributed by atoms with van der Waals surface area (Å²) in [6.07, 6.45) is 5.79. The summed E-state index contributed by atoms with van der Waals surface area (Å²) < 4.78 is 11.1. The van der Waals surface area contributed by atoms with Crippen molar-refractivity contribution in [2.24, 2.45) is 5.92 Å². The molecular weight excluding hydrogens is 340 g/mol. The fourth-order valence-electron chi connectivity index (χ4n) is 3.88. The van der Waals surface area contributed by atoms with Crippen molar-refractivity contribution in [3.63, 3.8) is 0 Å². The minimum absolute atomic E-state index is 0.0941. The number of methoxy groups -OCH3 is 1. The zero-order valence-electron chi connectivity index (χ0n) is 16.6. The van der Waals surface area contributed by atoms with Crippen LogP contribution in [0.5, 0.6) is 0 Å². The Kier molecular flexibility index (Phi) is 7.44. The van der Waals surface area contributed by atoms with Crippen LogP contribution >= 0.6 is 0 Å². The number of piperidine rings is 1. The van der Waals surface area contributed by atoms with E-state index < -0.39 is 0 Å². The van der Waals surface area contributed by atoms with Gasteiger partial charge in [0.05, 0.1) is 19.3 Å². The second-order valence-electron chi connectivity index (χ2n) is 7.61. The number of nitrogens with zero attached hydrogens (tertiary/aromatic N) is 2. The number of hydrogen-bond donors (Lipinski definition) is 0. The number of rotatable bonds is 6. The van der Waals surface area contributed by atoms with Gasteiger partial charge in [0.25, 0.3) is 0 Å². The number of carbonyl (C=O) groups is 1. The van der Waals surface area contributed by atoms with Gasteiger partial charge in [0.15, 0.2) is 0 Å². The van der Waals surface area contributed by atoms with E-state index in [9.17, 15) is 4.79 Å². The third-order valence-electron chi connectivity index (χ3n) is 5.66. The van der Waals surface area contributed by atoms with Crippen molar-refractivity contribution in [3.8, 4) is 0 Å². The number of ether oxygens (including phenoxy) is 2. The maximum absolute atomic E-state index is 12.5. The predicted octanol–water partition coefficient (Wildman–Crippen LogP) is 2.29. The first kappa shape index (κ1) is 20.1. The molecule has 0 bridgehead atoms. The maximum atomic E-state index is 12.5. The molecule has 0 aliphatic carbocycles. The number of benzene rings is 1. The highest BCUT2D eigenvalue weighted by atomic mass is 16.5. The van der Waals surface area contributed by atoms with Crippen LogP contribution in [0.2, 0.25) is 0 Å². The van der Waals surface area contributed by atoms with Crippen LogP contribution in [-0.2, 0) is 20.7 Å². The van der Waals surface area contributed by atoms with Gasteiger partial charge in [-0.3, -0.25) is 9.69 Å². The number of hydrogen-bond acceptors (Lipinski definition) is 4. The predicted molar refractivity (Wildman–Crippen MR) is 107 cm³/mol. The molecule has 148 valence electrons. The third-order valence-corrected chi connectivity index (χ3v) is 5.66. The molecule has 0 unspecified atom stereocenters. The zero-order valence-corrected chi connectivity index (χ0v) is 16.6. The molecule has 5 heteroatoms. The van der Waals surface area contributed by atoms with E-state index in [1.54, 1.807) is 13.2 Å². The number of morpholine rings is 1. The van der Waals surface area contributed by atoms with Crippen molar-refractivity contribution >= 4 is 5.91 Å². The molecule has 5 nitrogen and oxygen atoms in total. The molecular formula is C22H32N2O3. The van der Waals surface area contributed by atoms with Crippen LogP contribution in [-0.4, -0.2) is 74.9 Å². The lowest BCUT2D eigenvalue weighted by Gasteiger charge is -2.37. The van der Waals surface area contributed by atoms with Crippen molar-refractivity contribution in [1.29, 1.82) is 0 Å². The fraction of sp³-hybridized carbons (Fsp3) is 0.591. The topological polar surface area (TPSA) is 42.0 Å². The van der Waals surface area contributed by atoms with Crippen LogP contribution < -0.4 is 0 Å². The highest BCUT2D eigenvalue weighted by molar-refractivity contribution is 5.87. The third kappa shape index (κ3) is 5.89. The van der Waals surface area contributed by atoms with Gasteiger partial charge in [0.1, 0.15) is 0 Å². The van der Waals surface area contributed by atoms with Gasteiger partial charge in [-0.2, -0.15) is 0 Å². The number of aryl methyl sites for hydroxylation is 1. The van der Waals surface area contributed by atoms with Crippen molar-refractivity contribution < 1.29 is 14.3 Å². The first-order valence-corrected chi connectivity index (χ1v) is 9.99. The molecule has 1 aromatic rings. The van der Waals surface area contributed by atoms with Gasteiger partial charge in [0.2, 0.25) is 5.91 Å². The molecule has 3 rings (SSSR count). The largest absolute Gasteiger partial charge is 0.379 e. The van der Waals surface area contributed by atoms with Crippen molar-refractivity contribution in [2.75, 3.05) is 53.0 Å². The van der Waals surface area contributed by atoms with Gasteiger partial charge < -0.3 is 14.4 Å². The zero-order chi connectivity index (χ0) is 19.1. The van der Waals surface area contributed by atoms with Gasteiger partial charge >= 0.3 is 0 Å². The lowest BCUT2D eigenvalue weighted by atomic mass is 9.87. The number of likely N-dealkylation sites (tertiary alicyclic amines) is 1. The normalized spacial score (nSPS) is 24.4. The maximum Gasteiger partial charge on any atom is 0.246 e. The Morgan fingerprint density at radius 3 is 2.67 bits per heavy atom. The number of carbonyl (C=O) groups excluding carboxylic acids is 1. The molecule has 2 heterocycles. The average Bonchev–Trinajstić information content (AvgIpc) is 2.70. The summed E-state index contributed by atoms with van der Waals surface area (Å²) in [6, 6.07) is 8.73. The molecule has 0 N–H and O–H groups in total. The molecule has 0 radical (unpaired) electrons. The van der Waals surface area contributed by atoms with Gasteiger partial charge in [-0.15, -0.1) is 0 Å². The summed E-state index contributed by atoms with van der Waals surface area (Å²) in [5.74, 6) is 0.554. The van der Waals surface area contributed by atoms with Gasteiger partial charge in [0, 0.05) is 45.9 Å². The first-order chi connectivity index (χ1) is 13.2.